The quantitative estimate of drug-likeness (QED) is 0.801. The number of hydrogen-bond donors (Lipinski definition) is 2. The molecule has 1 aromatic carbocycles. The highest BCUT2D eigenvalue weighted by Crippen LogP contribution is 2.35. The topological polar surface area (TPSA) is 27.3 Å². The first-order valence-electron chi connectivity index (χ1n) is 7.12. The highest BCUT2D eigenvalue weighted by Gasteiger charge is 2.35. The van der Waals surface area contributed by atoms with Crippen LogP contribution in [0.25, 0.3) is 0 Å². The SMILES string of the molecule is C#CC1=CNC2NCC(c3ccc(N(C)C)cc3)CC12. The molecule has 3 nitrogen and oxygen atoms in total. The van der Waals surface area contributed by atoms with Gasteiger partial charge in [0.1, 0.15) is 0 Å². The maximum absolute atomic E-state index is 5.59. The molecule has 3 unspecified atom stereocenters. The Bertz CT molecular complexity index is 551. The molecule has 104 valence electrons. The number of hydrogen-bond acceptors (Lipinski definition) is 3. The van der Waals surface area contributed by atoms with Crippen molar-refractivity contribution in [3.8, 4) is 12.3 Å². The lowest BCUT2D eigenvalue weighted by Gasteiger charge is -2.34. The molecule has 1 aromatic rings. The second-order valence-electron chi connectivity index (χ2n) is 5.82. The molecular weight excluding hydrogens is 246 g/mol. The van der Waals surface area contributed by atoms with Crippen molar-refractivity contribution < 1.29 is 0 Å². The first kappa shape index (κ1) is 13.1. The van der Waals surface area contributed by atoms with Gasteiger partial charge < -0.3 is 10.2 Å². The average molecular weight is 267 g/mol. The largest absolute Gasteiger partial charge is 0.378 e. The van der Waals surface area contributed by atoms with E-state index in [0.29, 0.717) is 18.0 Å². The molecule has 1 fully saturated rings. The van der Waals surface area contributed by atoms with Crippen molar-refractivity contribution >= 4 is 5.69 Å². The molecule has 2 heterocycles. The summed E-state index contributed by atoms with van der Waals surface area (Å²) in [7, 11) is 4.13. The molecule has 0 saturated carbocycles. The summed E-state index contributed by atoms with van der Waals surface area (Å²) in [5.74, 6) is 3.77. The Balaban J connectivity index is 1.75. The fraction of sp³-hybridized carbons (Fsp3) is 0.412. The summed E-state index contributed by atoms with van der Waals surface area (Å²) in [5, 5.41) is 6.90. The molecule has 0 aliphatic carbocycles. The summed E-state index contributed by atoms with van der Waals surface area (Å²) >= 11 is 0. The lowest BCUT2D eigenvalue weighted by atomic mass is 9.81. The molecule has 2 N–H and O–H groups in total. The normalized spacial score (nSPS) is 28.1. The van der Waals surface area contributed by atoms with Crippen LogP contribution in [-0.2, 0) is 0 Å². The summed E-state index contributed by atoms with van der Waals surface area (Å²) in [6, 6.07) is 8.85. The monoisotopic (exact) mass is 267 g/mol. The molecule has 0 spiro atoms. The van der Waals surface area contributed by atoms with Gasteiger partial charge in [-0.05, 0) is 30.0 Å². The Labute approximate surface area is 121 Å². The van der Waals surface area contributed by atoms with Crippen LogP contribution in [0.2, 0.25) is 0 Å². The Hall–Kier alpha value is -1.92. The molecule has 3 rings (SSSR count). The molecule has 20 heavy (non-hydrogen) atoms. The van der Waals surface area contributed by atoms with Crippen LogP contribution < -0.4 is 15.5 Å². The summed E-state index contributed by atoms with van der Waals surface area (Å²) in [4.78, 5) is 2.12. The van der Waals surface area contributed by atoms with Gasteiger partial charge >= 0.3 is 0 Å². The third kappa shape index (κ3) is 2.28. The number of fused-ring (bicyclic) bond motifs is 1. The minimum absolute atomic E-state index is 0.318. The van der Waals surface area contributed by atoms with Gasteiger partial charge in [-0.3, -0.25) is 5.32 Å². The molecule has 0 aromatic heterocycles. The van der Waals surface area contributed by atoms with E-state index >= 15 is 0 Å². The van der Waals surface area contributed by atoms with E-state index in [2.05, 4.69) is 59.8 Å². The summed E-state index contributed by atoms with van der Waals surface area (Å²) in [6.07, 6.45) is 9.00. The highest BCUT2D eigenvalue weighted by molar-refractivity contribution is 5.47. The Morgan fingerprint density at radius 1 is 1.25 bits per heavy atom. The number of terminal acetylenes is 1. The van der Waals surface area contributed by atoms with Gasteiger partial charge in [0.25, 0.3) is 0 Å². The van der Waals surface area contributed by atoms with Gasteiger partial charge in [-0.15, -0.1) is 6.42 Å². The average Bonchev–Trinajstić information content (AvgIpc) is 2.89. The molecule has 0 radical (unpaired) electrons. The van der Waals surface area contributed by atoms with E-state index in [1.807, 2.05) is 6.20 Å². The van der Waals surface area contributed by atoms with Crippen molar-refractivity contribution in [3.63, 3.8) is 0 Å². The zero-order valence-electron chi connectivity index (χ0n) is 12.1. The third-order valence-corrected chi connectivity index (χ3v) is 4.39. The highest BCUT2D eigenvalue weighted by atomic mass is 15.1. The maximum atomic E-state index is 5.59. The van der Waals surface area contributed by atoms with Gasteiger partial charge in [-0.2, -0.15) is 0 Å². The Morgan fingerprint density at radius 2 is 2.00 bits per heavy atom. The fourth-order valence-corrected chi connectivity index (χ4v) is 3.15. The van der Waals surface area contributed by atoms with Crippen LogP contribution in [0, 0.1) is 18.3 Å². The van der Waals surface area contributed by atoms with Crippen LogP contribution in [0.4, 0.5) is 5.69 Å². The van der Waals surface area contributed by atoms with Crippen molar-refractivity contribution in [2.45, 2.75) is 18.5 Å². The van der Waals surface area contributed by atoms with Gasteiger partial charge in [0.15, 0.2) is 0 Å². The Kier molecular flexibility index (Phi) is 3.42. The first-order valence-corrected chi connectivity index (χ1v) is 7.12. The molecular formula is C17H21N3. The first-order chi connectivity index (χ1) is 9.69. The van der Waals surface area contributed by atoms with Gasteiger partial charge in [0, 0.05) is 44.0 Å². The lowest BCUT2D eigenvalue weighted by Crippen LogP contribution is -2.48. The summed E-state index contributed by atoms with van der Waals surface area (Å²) in [6.45, 7) is 1.00. The van der Waals surface area contributed by atoms with E-state index in [1.54, 1.807) is 0 Å². The standard InChI is InChI=1S/C17H21N3/c1-4-12-10-18-17-16(12)9-14(11-19-17)13-5-7-15(8-6-13)20(2)3/h1,5-8,10,14,16-19H,9,11H2,2-3H3. The summed E-state index contributed by atoms with van der Waals surface area (Å²) < 4.78 is 0. The second-order valence-corrected chi connectivity index (χ2v) is 5.82. The molecule has 2 aliphatic heterocycles. The van der Waals surface area contributed by atoms with E-state index in [4.69, 9.17) is 6.42 Å². The van der Waals surface area contributed by atoms with Crippen LogP contribution in [0.1, 0.15) is 17.9 Å². The van der Waals surface area contributed by atoms with E-state index in [0.717, 1.165) is 18.5 Å². The van der Waals surface area contributed by atoms with Crippen molar-refractivity contribution in [2.75, 3.05) is 25.5 Å². The molecule has 3 atom stereocenters. The second kappa shape index (κ2) is 5.22. The molecule has 2 aliphatic rings. The van der Waals surface area contributed by atoms with Crippen LogP contribution in [-0.4, -0.2) is 26.8 Å². The van der Waals surface area contributed by atoms with E-state index in [9.17, 15) is 0 Å². The fourth-order valence-electron chi connectivity index (χ4n) is 3.15. The smallest absolute Gasteiger partial charge is 0.0840 e. The van der Waals surface area contributed by atoms with Crippen LogP contribution >= 0.6 is 0 Å². The lowest BCUT2D eigenvalue weighted by molar-refractivity contribution is 0.291. The third-order valence-electron chi connectivity index (χ3n) is 4.39. The minimum atomic E-state index is 0.318. The molecule has 0 bridgehead atoms. The van der Waals surface area contributed by atoms with Gasteiger partial charge in [-0.25, -0.2) is 0 Å². The molecule has 1 saturated heterocycles. The van der Waals surface area contributed by atoms with Crippen LogP contribution in [0.5, 0.6) is 0 Å². The number of nitrogens with zero attached hydrogens (tertiary/aromatic N) is 1. The van der Waals surface area contributed by atoms with E-state index in [-0.39, 0.29) is 0 Å². The van der Waals surface area contributed by atoms with Crippen LogP contribution in [0.3, 0.4) is 0 Å². The van der Waals surface area contributed by atoms with E-state index in [1.165, 1.54) is 11.3 Å². The molecule has 3 heteroatoms. The Morgan fingerprint density at radius 3 is 2.65 bits per heavy atom. The van der Waals surface area contributed by atoms with Crippen molar-refractivity contribution in [1.29, 1.82) is 0 Å². The minimum Gasteiger partial charge on any atom is -0.378 e. The molecule has 0 amide bonds. The number of piperidine rings is 1. The number of anilines is 1. The zero-order valence-corrected chi connectivity index (χ0v) is 12.1. The summed E-state index contributed by atoms with van der Waals surface area (Å²) in [5.41, 5.74) is 3.73. The predicted octanol–water partition coefficient (Wildman–Crippen LogP) is 1.89. The number of nitrogens with one attached hydrogen (secondary N) is 2. The number of rotatable bonds is 2. The van der Waals surface area contributed by atoms with Crippen molar-refractivity contribution in [3.05, 3.63) is 41.6 Å². The van der Waals surface area contributed by atoms with Gasteiger partial charge in [0.2, 0.25) is 0 Å². The van der Waals surface area contributed by atoms with Gasteiger partial charge in [0.05, 0.1) is 6.17 Å². The predicted molar refractivity (Wildman–Crippen MR) is 83.5 cm³/mol. The van der Waals surface area contributed by atoms with Gasteiger partial charge in [-0.1, -0.05) is 18.1 Å². The van der Waals surface area contributed by atoms with E-state index < -0.39 is 0 Å². The van der Waals surface area contributed by atoms with Crippen LogP contribution in [0.15, 0.2) is 36.0 Å². The maximum Gasteiger partial charge on any atom is 0.0840 e. The van der Waals surface area contributed by atoms with Crippen molar-refractivity contribution in [1.82, 2.24) is 10.6 Å². The zero-order chi connectivity index (χ0) is 14.1. The van der Waals surface area contributed by atoms with Crippen molar-refractivity contribution in [2.24, 2.45) is 5.92 Å². The number of benzene rings is 1.